The van der Waals surface area contributed by atoms with E-state index in [0.717, 1.165) is 39.1 Å². The Hall–Kier alpha value is -1.18. The van der Waals surface area contributed by atoms with Crippen LogP contribution in [0.15, 0.2) is 31.6 Å². The van der Waals surface area contributed by atoms with E-state index in [-0.39, 0.29) is 5.92 Å². The summed E-state index contributed by atoms with van der Waals surface area (Å²) in [4.78, 5) is 17.9. The Bertz CT molecular complexity index is 732. The van der Waals surface area contributed by atoms with Crippen LogP contribution in [-0.2, 0) is 11.3 Å². The second kappa shape index (κ2) is 7.37. The maximum atomic E-state index is 11.0. The molecule has 0 amide bonds. The van der Waals surface area contributed by atoms with Gasteiger partial charge in [0.05, 0.1) is 17.2 Å². The largest absolute Gasteiger partial charge is 0.481 e. The fourth-order valence-electron chi connectivity index (χ4n) is 2.93. The van der Waals surface area contributed by atoms with Gasteiger partial charge in [0.2, 0.25) is 5.89 Å². The average molecular weight is 458 g/mol. The highest BCUT2D eigenvalue weighted by molar-refractivity contribution is 9.11. The van der Waals surface area contributed by atoms with E-state index < -0.39 is 5.97 Å². The number of aliphatic carboxylic acids is 1. The van der Waals surface area contributed by atoms with Gasteiger partial charge in [-0.15, -0.1) is 0 Å². The Balaban J connectivity index is 1.75. The first-order valence-electron chi connectivity index (χ1n) is 7.81. The third kappa shape index (κ3) is 3.73. The molecule has 1 aliphatic heterocycles. The molecule has 1 aliphatic rings. The number of likely N-dealkylation sites (tertiary alicyclic amines) is 1. The van der Waals surface area contributed by atoms with Gasteiger partial charge in [0, 0.05) is 15.5 Å². The smallest absolute Gasteiger partial charge is 0.306 e. The molecule has 0 aliphatic carbocycles. The summed E-state index contributed by atoms with van der Waals surface area (Å²) in [5.74, 6) is 0.482. The van der Waals surface area contributed by atoms with Gasteiger partial charge in [-0.2, -0.15) is 0 Å². The Morgan fingerprint density at radius 3 is 2.54 bits per heavy atom. The second-order valence-electron chi connectivity index (χ2n) is 6.01. The maximum Gasteiger partial charge on any atom is 0.306 e. The summed E-state index contributed by atoms with van der Waals surface area (Å²) >= 11 is 7.08. The number of aryl methyl sites for hydroxylation is 1. The van der Waals surface area contributed by atoms with Gasteiger partial charge in [-0.3, -0.25) is 9.69 Å². The highest BCUT2D eigenvalue weighted by Crippen LogP contribution is 2.35. The Morgan fingerprint density at radius 1 is 1.33 bits per heavy atom. The highest BCUT2D eigenvalue weighted by Gasteiger charge is 2.26. The molecule has 1 aromatic carbocycles. The minimum atomic E-state index is -0.687. The molecule has 5 nitrogen and oxygen atoms in total. The van der Waals surface area contributed by atoms with Gasteiger partial charge in [0.1, 0.15) is 5.76 Å². The number of piperidine rings is 1. The van der Waals surface area contributed by atoms with Gasteiger partial charge in [-0.25, -0.2) is 4.98 Å². The van der Waals surface area contributed by atoms with Crippen molar-refractivity contribution in [2.45, 2.75) is 26.3 Å². The molecule has 1 N–H and O–H groups in total. The monoisotopic (exact) mass is 456 g/mol. The van der Waals surface area contributed by atoms with E-state index in [4.69, 9.17) is 9.52 Å². The van der Waals surface area contributed by atoms with Crippen LogP contribution >= 0.6 is 31.9 Å². The van der Waals surface area contributed by atoms with Crippen molar-refractivity contribution in [3.8, 4) is 11.5 Å². The number of rotatable bonds is 4. The summed E-state index contributed by atoms with van der Waals surface area (Å²) in [7, 11) is 0. The van der Waals surface area contributed by atoms with Crippen molar-refractivity contribution >= 4 is 37.8 Å². The number of benzene rings is 1. The summed E-state index contributed by atoms with van der Waals surface area (Å²) in [6.45, 7) is 4.15. The third-order valence-electron chi connectivity index (χ3n) is 4.38. The van der Waals surface area contributed by atoms with Crippen molar-refractivity contribution in [3.63, 3.8) is 0 Å². The molecular weight excluding hydrogens is 440 g/mol. The summed E-state index contributed by atoms with van der Waals surface area (Å²) < 4.78 is 7.72. The average Bonchev–Trinajstić information content (AvgIpc) is 2.88. The number of halogens is 2. The molecule has 2 aromatic rings. The van der Waals surface area contributed by atoms with Crippen molar-refractivity contribution in [1.29, 1.82) is 0 Å². The topological polar surface area (TPSA) is 66.6 Å². The highest BCUT2D eigenvalue weighted by atomic mass is 79.9. The number of hydrogen-bond donors (Lipinski definition) is 1. The quantitative estimate of drug-likeness (QED) is 0.733. The number of carboxylic acid groups (broad SMARTS) is 1. The minimum absolute atomic E-state index is 0.216. The number of nitrogens with zero attached hydrogens (tertiary/aromatic N) is 2. The molecule has 2 heterocycles. The zero-order chi connectivity index (χ0) is 17.3. The lowest BCUT2D eigenvalue weighted by Crippen LogP contribution is -2.36. The predicted molar refractivity (Wildman–Crippen MR) is 97.7 cm³/mol. The van der Waals surface area contributed by atoms with Gasteiger partial charge in [0.15, 0.2) is 0 Å². The van der Waals surface area contributed by atoms with Gasteiger partial charge < -0.3 is 9.52 Å². The zero-order valence-electron chi connectivity index (χ0n) is 13.3. The Labute approximate surface area is 157 Å². The van der Waals surface area contributed by atoms with Crippen molar-refractivity contribution < 1.29 is 14.3 Å². The minimum Gasteiger partial charge on any atom is -0.481 e. The number of carbonyl (C=O) groups is 1. The van der Waals surface area contributed by atoms with Crippen LogP contribution in [0, 0.1) is 12.8 Å². The number of oxazole rings is 1. The van der Waals surface area contributed by atoms with Crippen molar-refractivity contribution in [3.05, 3.63) is 38.6 Å². The van der Waals surface area contributed by atoms with E-state index >= 15 is 0 Å². The lowest BCUT2D eigenvalue weighted by molar-refractivity contribution is -0.143. The number of hydrogen-bond acceptors (Lipinski definition) is 4. The summed E-state index contributed by atoms with van der Waals surface area (Å²) in [5.41, 5.74) is 1.80. The molecule has 7 heteroatoms. The third-order valence-corrected chi connectivity index (χ3v) is 5.70. The molecule has 0 bridgehead atoms. The lowest BCUT2D eigenvalue weighted by atomic mass is 9.97. The molecule has 0 radical (unpaired) electrons. The van der Waals surface area contributed by atoms with E-state index in [1.54, 1.807) is 0 Å². The Morgan fingerprint density at radius 2 is 1.96 bits per heavy atom. The van der Waals surface area contributed by atoms with E-state index in [0.29, 0.717) is 25.3 Å². The summed E-state index contributed by atoms with van der Waals surface area (Å²) in [6.07, 6.45) is 1.38. The van der Waals surface area contributed by atoms with Crippen LogP contribution in [0.25, 0.3) is 11.5 Å². The molecule has 0 atom stereocenters. The first-order valence-corrected chi connectivity index (χ1v) is 9.40. The zero-order valence-corrected chi connectivity index (χ0v) is 16.4. The molecule has 1 fully saturated rings. The lowest BCUT2D eigenvalue weighted by Gasteiger charge is -2.29. The number of aromatic nitrogens is 1. The van der Waals surface area contributed by atoms with Crippen molar-refractivity contribution in [2.24, 2.45) is 5.92 Å². The Kier molecular flexibility index (Phi) is 5.42. The normalized spacial score (nSPS) is 16.5. The number of carboxylic acids is 1. The van der Waals surface area contributed by atoms with Crippen LogP contribution < -0.4 is 0 Å². The fraction of sp³-hybridized carbons (Fsp3) is 0.412. The van der Waals surface area contributed by atoms with E-state index in [9.17, 15) is 4.79 Å². The molecule has 3 rings (SSSR count). The standard InChI is InChI=1S/C17H18Br2N2O3/c1-10-14(9-21-7-5-11(6-8-21)17(22)23)20-16(24-10)15-12(18)3-2-4-13(15)19/h2-4,11H,5-9H2,1H3,(H,22,23). The molecular formula is C17H18Br2N2O3. The van der Waals surface area contributed by atoms with Crippen molar-refractivity contribution in [1.82, 2.24) is 9.88 Å². The van der Waals surface area contributed by atoms with Gasteiger partial charge >= 0.3 is 5.97 Å². The van der Waals surface area contributed by atoms with Crippen molar-refractivity contribution in [2.75, 3.05) is 13.1 Å². The molecule has 0 saturated carbocycles. The predicted octanol–water partition coefficient (Wildman–Crippen LogP) is 4.47. The van der Waals surface area contributed by atoms with Crippen LogP contribution in [0.2, 0.25) is 0 Å². The first kappa shape index (κ1) is 17.6. The SMILES string of the molecule is Cc1oc(-c2c(Br)cccc2Br)nc1CN1CCC(C(=O)O)CC1. The van der Waals surface area contributed by atoms with Gasteiger partial charge in [-0.05, 0) is 76.8 Å². The van der Waals surface area contributed by atoms with E-state index in [1.165, 1.54) is 0 Å². The molecule has 24 heavy (non-hydrogen) atoms. The molecule has 0 spiro atoms. The van der Waals surface area contributed by atoms with E-state index in [2.05, 4.69) is 41.7 Å². The van der Waals surface area contributed by atoms with Crippen LogP contribution in [0.4, 0.5) is 0 Å². The van der Waals surface area contributed by atoms with Crippen LogP contribution in [0.1, 0.15) is 24.3 Å². The van der Waals surface area contributed by atoms with Crippen LogP contribution in [0.3, 0.4) is 0 Å². The van der Waals surface area contributed by atoms with Crippen LogP contribution in [-0.4, -0.2) is 34.0 Å². The fourth-order valence-corrected chi connectivity index (χ4v) is 4.27. The van der Waals surface area contributed by atoms with Crippen LogP contribution in [0.5, 0.6) is 0 Å². The van der Waals surface area contributed by atoms with Gasteiger partial charge in [0.25, 0.3) is 0 Å². The van der Waals surface area contributed by atoms with Gasteiger partial charge in [-0.1, -0.05) is 6.07 Å². The molecule has 128 valence electrons. The van der Waals surface area contributed by atoms with E-state index in [1.807, 2.05) is 25.1 Å². The molecule has 1 saturated heterocycles. The molecule has 0 unspecified atom stereocenters. The second-order valence-corrected chi connectivity index (χ2v) is 7.72. The summed E-state index contributed by atoms with van der Waals surface area (Å²) in [6, 6.07) is 5.85. The maximum absolute atomic E-state index is 11.0. The molecule has 1 aromatic heterocycles. The first-order chi connectivity index (χ1) is 11.5. The summed E-state index contributed by atoms with van der Waals surface area (Å²) in [5, 5.41) is 9.08.